The van der Waals surface area contributed by atoms with Crippen LogP contribution in [0.3, 0.4) is 0 Å². The molecular weight excluding hydrogens is 288 g/mol. The molecule has 2 rings (SSSR count). The third kappa shape index (κ3) is 5.32. The third-order valence-electron chi connectivity index (χ3n) is 3.25. The summed E-state index contributed by atoms with van der Waals surface area (Å²) in [5, 5.41) is 13.9. The fourth-order valence-electron chi connectivity index (χ4n) is 1.98. The lowest BCUT2D eigenvalue weighted by molar-refractivity contribution is -0.137. The van der Waals surface area contributed by atoms with Crippen LogP contribution in [0.2, 0.25) is 0 Å². The standard InChI is InChI=1S/C15H20N2O3S/c1-11(4-5-14(18)19)6-7-16-9-12-10-20-15(17-12)13-3-2-8-21-13/h2-3,8,10-11,16H,4-7,9H2,1H3,(H,18,19). The molecule has 5 nitrogen and oxygen atoms in total. The Bertz CT molecular complexity index is 551. The van der Waals surface area contributed by atoms with Gasteiger partial charge in [-0.2, -0.15) is 0 Å². The van der Waals surface area contributed by atoms with E-state index >= 15 is 0 Å². The first-order chi connectivity index (χ1) is 10.1. The van der Waals surface area contributed by atoms with Crippen molar-refractivity contribution in [2.75, 3.05) is 6.54 Å². The molecule has 0 aliphatic heterocycles. The van der Waals surface area contributed by atoms with Crippen molar-refractivity contribution in [1.29, 1.82) is 0 Å². The number of nitrogens with zero attached hydrogens (tertiary/aromatic N) is 1. The van der Waals surface area contributed by atoms with Gasteiger partial charge in [0.15, 0.2) is 0 Å². The monoisotopic (exact) mass is 308 g/mol. The van der Waals surface area contributed by atoms with Crippen molar-refractivity contribution in [2.24, 2.45) is 5.92 Å². The van der Waals surface area contributed by atoms with Gasteiger partial charge in [-0.05, 0) is 36.8 Å². The van der Waals surface area contributed by atoms with Crippen LogP contribution in [0.1, 0.15) is 31.9 Å². The van der Waals surface area contributed by atoms with Gasteiger partial charge in [-0.3, -0.25) is 4.79 Å². The highest BCUT2D eigenvalue weighted by atomic mass is 32.1. The molecule has 2 heterocycles. The molecule has 0 aliphatic rings. The van der Waals surface area contributed by atoms with Gasteiger partial charge in [0.25, 0.3) is 0 Å². The highest BCUT2D eigenvalue weighted by Crippen LogP contribution is 2.23. The molecule has 1 unspecified atom stereocenters. The van der Waals surface area contributed by atoms with Gasteiger partial charge in [0.2, 0.25) is 5.89 Å². The maximum atomic E-state index is 10.5. The Kier molecular flexibility index (Phi) is 5.95. The molecule has 0 saturated heterocycles. The molecular formula is C15H20N2O3S. The second-order valence-electron chi connectivity index (χ2n) is 5.12. The van der Waals surface area contributed by atoms with Gasteiger partial charge < -0.3 is 14.8 Å². The Labute approximate surface area is 128 Å². The predicted octanol–water partition coefficient (Wildman–Crippen LogP) is 3.38. The Morgan fingerprint density at radius 2 is 2.38 bits per heavy atom. The van der Waals surface area contributed by atoms with E-state index in [9.17, 15) is 4.79 Å². The number of hydrogen-bond acceptors (Lipinski definition) is 5. The largest absolute Gasteiger partial charge is 0.481 e. The molecule has 2 aromatic rings. The molecule has 0 fully saturated rings. The summed E-state index contributed by atoms with van der Waals surface area (Å²) >= 11 is 1.60. The summed E-state index contributed by atoms with van der Waals surface area (Å²) in [5.41, 5.74) is 0.886. The number of carboxylic acids is 1. The van der Waals surface area contributed by atoms with E-state index in [0.717, 1.165) is 30.0 Å². The van der Waals surface area contributed by atoms with Gasteiger partial charge >= 0.3 is 5.97 Å². The molecule has 6 heteroatoms. The first-order valence-electron chi connectivity index (χ1n) is 7.06. The van der Waals surface area contributed by atoms with Gasteiger partial charge in [0.05, 0.1) is 10.6 Å². The van der Waals surface area contributed by atoms with Crippen molar-refractivity contribution in [2.45, 2.75) is 32.7 Å². The van der Waals surface area contributed by atoms with E-state index in [1.807, 2.05) is 17.5 Å². The smallest absolute Gasteiger partial charge is 0.303 e. The number of carbonyl (C=O) groups is 1. The molecule has 0 spiro atoms. The molecule has 114 valence electrons. The average Bonchev–Trinajstić information content (AvgIpc) is 3.11. The van der Waals surface area contributed by atoms with E-state index in [4.69, 9.17) is 9.52 Å². The minimum atomic E-state index is -0.724. The minimum Gasteiger partial charge on any atom is -0.481 e. The number of aromatic nitrogens is 1. The summed E-state index contributed by atoms with van der Waals surface area (Å²) in [6.07, 6.45) is 3.61. The van der Waals surface area contributed by atoms with Crippen molar-refractivity contribution >= 4 is 17.3 Å². The lowest BCUT2D eigenvalue weighted by Gasteiger charge is -2.09. The Hall–Kier alpha value is -1.66. The zero-order chi connectivity index (χ0) is 15.1. The second kappa shape index (κ2) is 7.95. The number of thiophene rings is 1. The van der Waals surface area contributed by atoms with Crippen LogP contribution in [0.4, 0.5) is 0 Å². The zero-order valence-electron chi connectivity index (χ0n) is 12.0. The van der Waals surface area contributed by atoms with E-state index in [1.165, 1.54) is 0 Å². The van der Waals surface area contributed by atoms with Crippen LogP contribution in [-0.4, -0.2) is 22.6 Å². The molecule has 0 radical (unpaired) electrons. The Morgan fingerprint density at radius 1 is 1.52 bits per heavy atom. The number of hydrogen-bond donors (Lipinski definition) is 2. The van der Waals surface area contributed by atoms with Crippen LogP contribution in [0.15, 0.2) is 28.2 Å². The van der Waals surface area contributed by atoms with Crippen molar-refractivity contribution in [1.82, 2.24) is 10.3 Å². The molecule has 0 aliphatic carbocycles. The summed E-state index contributed by atoms with van der Waals surface area (Å²) in [4.78, 5) is 15.9. The molecule has 0 saturated carbocycles. The van der Waals surface area contributed by atoms with Crippen molar-refractivity contribution in [3.05, 3.63) is 29.5 Å². The van der Waals surface area contributed by atoms with Crippen LogP contribution in [0.25, 0.3) is 10.8 Å². The predicted molar refractivity (Wildman–Crippen MR) is 82.2 cm³/mol. The lowest BCUT2D eigenvalue weighted by atomic mass is 10.0. The van der Waals surface area contributed by atoms with Crippen molar-refractivity contribution in [3.8, 4) is 10.8 Å². The van der Waals surface area contributed by atoms with Gasteiger partial charge in [-0.1, -0.05) is 13.0 Å². The normalized spacial score (nSPS) is 12.4. The molecule has 2 N–H and O–H groups in total. The molecule has 21 heavy (non-hydrogen) atoms. The summed E-state index contributed by atoms with van der Waals surface area (Å²) in [6, 6.07) is 3.96. The SMILES string of the molecule is CC(CCNCc1coc(-c2cccs2)n1)CCC(=O)O. The van der Waals surface area contributed by atoms with Gasteiger partial charge in [0, 0.05) is 13.0 Å². The Morgan fingerprint density at radius 3 is 3.10 bits per heavy atom. The number of rotatable bonds is 9. The topological polar surface area (TPSA) is 75.4 Å². The Balaban J connectivity index is 1.66. The maximum Gasteiger partial charge on any atom is 0.303 e. The molecule has 0 aromatic carbocycles. The van der Waals surface area contributed by atoms with Crippen LogP contribution in [0.5, 0.6) is 0 Å². The number of oxazole rings is 1. The molecule has 2 aromatic heterocycles. The highest BCUT2D eigenvalue weighted by Gasteiger charge is 2.08. The molecule has 0 bridgehead atoms. The van der Waals surface area contributed by atoms with Gasteiger partial charge in [-0.15, -0.1) is 11.3 Å². The first-order valence-corrected chi connectivity index (χ1v) is 7.94. The quantitative estimate of drug-likeness (QED) is 0.695. The van der Waals surface area contributed by atoms with Crippen molar-refractivity contribution < 1.29 is 14.3 Å². The van der Waals surface area contributed by atoms with Crippen LogP contribution < -0.4 is 5.32 Å². The fourth-order valence-corrected chi connectivity index (χ4v) is 2.64. The van der Waals surface area contributed by atoms with Gasteiger partial charge in [0.1, 0.15) is 6.26 Å². The van der Waals surface area contributed by atoms with E-state index in [2.05, 4.69) is 17.2 Å². The van der Waals surface area contributed by atoms with Gasteiger partial charge in [-0.25, -0.2) is 4.98 Å². The number of nitrogens with one attached hydrogen (secondary N) is 1. The molecule has 1 atom stereocenters. The van der Waals surface area contributed by atoms with E-state index in [0.29, 0.717) is 18.4 Å². The number of aliphatic carboxylic acids is 1. The molecule has 0 amide bonds. The van der Waals surface area contributed by atoms with E-state index in [-0.39, 0.29) is 6.42 Å². The number of carboxylic acid groups (broad SMARTS) is 1. The van der Waals surface area contributed by atoms with E-state index < -0.39 is 5.97 Å². The van der Waals surface area contributed by atoms with Crippen molar-refractivity contribution in [3.63, 3.8) is 0 Å². The lowest BCUT2D eigenvalue weighted by Crippen LogP contribution is -2.17. The summed E-state index contributed by atoms with van der Waals surface area (Å²) < 4.78 is 5.45. The summed E-state index contributed by atoms with van der Waals surface area (Å²) in [5.74, 6) is 0.350. The fraction of sp³-hybridized carbons (Fsp3) is 0.467. The minimum absolute atomic E-state index is 0.245. The van der Waals surface area contributed by atoms with Crippen LogP contribution >= 0.6 is 11.3 Å². The second-order valence-corrected chi connectivity index (χ2v) is 6.07. The van der Waals surface area contributed by atoms with E-state index in [1.54, 1.807) is 17.6 Å². The summed E-state index contributed by atoms with van der Waals surface area (Å²) in [7, 11) is 0. The summed E-state index contributed by atoms with van der Waals surface area (Å²) in [6.45, 7) is 3.60. The first kappa shape index (κ1) is 15.7. The van der Waals surface area contributed by atoms with Crippen LogP contribution in [0, 0.1) is 5.92 Å². The highest BCUT2D eigenvalue weighted by molar-refractivity contribution is 7.13. The zero-order valence-corrected chi connectivity index (χ0v) is 12.9. The third-order valence-corrected chi connectivity index (χ3v) is 4.11. The average molecular weight is 308 g/mol. The maximum absolute atomic E-state index is 10.5. The van der Waals surface area contributed by atoms with Crippen LogP contribution in [-0.2, 0) is 11.3 Å².